The van der Waals surface area contributed by atoms with E-state index in [0.717, 1.165) is 6.07 Å². The first-order valence-corrected chi connectivity index (χ1v) is 3.89. The fourth-order valence-corrected chi connectivity index (χ4v) is 1.12. The lowest BCUT2D eigenvalue weighted by molar-refractivity contribution is 0.150. The zero-order valence-electron chi connectivity index (χ0n) is 7.46. The molecule has 74 valence electrons. The van der Waals surface area contributed by atoms with Crippen LogP contribution in [0.4, 0.5) is 8.78 Å². The SMILES string of the molecule is Cc1c(C(F)F)cc(C#N)nc1CO. The Balaban J connectivity index is 3.36. The van der Waals surface area contributed by atoms with E-state index in [1.54, 1.807) is 6.07 Å². The minimum absolute atomic E-state index is 0.102. The van der Waals surface area contributed by atoms with Gasteiger partial charge in [-0.15, -0.1) is 0 Å². The van der Waals surface area contributed by atoms with Gasteiger partial charge in [-0.2, -0.15) is 5.26 Å². The van der Waals surface area contributed by atoms with E-state index in [0.29, 0.717) is 0 Å². The van der Waals surface area contributed by atoms with Crippen molar-refractivity contribution in [2.75, 3.05) is 0 Å². The molecule has 0 bridgehead atoms. The van der Waals surface area contributed by atoms with Gasteiger partial charge in [0.05, 0.1) is 12.3 Å². The van der Waals surface area contributed by atoms with Crippen molar-refractivity contribution in [1.82, 2.24) is 4.98 Å². The smallest absolute Gasteiger partial charge is 0.264 e. The van der Waals surface area contributed by atoms with Crippen LogP contribution in [0.5, 0.6) is 0 Å². The lowest BCUT2D eigenvalue weighted by Crippen LogP contribution is -2.02. The number of rotatable bonds is 2. The molecule has 5 heteroatoms. The van der Waals surface area contributed by atoms with Crippen molar-refractivity contribution in [2.45, 2.75) is 20.0 Å². The van der Waals surface area contributed by atoms with Crippen LogP contribution in [0.1, 0.15) is 28.9 Å². The highest BCUT2D eigenvalue weighted by Crippen LogP contribution is 2.24. The van der Waals surface area contributed by atoms with Crippen LogP contribution in [0.15, 0.2) is 6.07 Å². The Hall–Kier alpha value is -1.54. The number of halogens is 2. The molecule has 0 amide bonds. The first kappa shape index (κ1) is 10.5. The number of nitriles is 1. The van der Waals surface area contributed by atoms with Gasteiger partial charge in [0.15, 0.2) is 0 Å². The van der Waals surface area contributed by atoms with Gasteiger partial charge >= 0.3 is 0 Å². The molecule has 1 heterocycles. The standard InChI is InChI=1S/C9H8F2N2O/c1-5-7(9(10)11)2-6(3-12)13-8(5)4-14/h2,9,14H,4H2,1H3. The molecular formula is C9H8F2N2O. The maximum atomic E-state index is 12.4. The summed E-state index contributed by atoms with van der Waals surface area (Å²) in [6, 6.07) is 2.71. The van der Waals surface area contributed by atoms with E-state index in [9.17, 15) is 8.78 Å². The second-order valence-electron chi connectivity index (χ2n) is 2.74. The van der Waals surface area contributed by atoms with Gasteiger partial charge in [-0.1, -0.05) is 0 Å². The Morgan fingerprint density at radius 2 is 2.29 bits per heavy atom. The predicted molar refractivity (Wildman–Crippen MR) is 44.6 cm³/mol. The van der Waals surface area contributed by atoms with E-state index in [4.69, 9.17) is 10.4 Å². The van der Waals surface area contributed by atoms with Crippen molar-refractivity contribution in [3.63, 3.8) is 0 Å². The van der Waals surface area contributed by atoms with Gasteiger partial charge in [-0.25, -0.2) is 13.8 Å². The van der Waals surface area contributed by atoms with Crippen molar-refractivity contribution in [3.05, 3.63) is 28.6 Å². The molecular weight excluding hydrogens is 190 g/mol. The summed E-state index contributed by atoms with van der Waals surface area (Å²) in [7, 11) is 0. The molecule has 0 spiro atoms. The lowest BCUT2D eigenvalue weighted by atomic mass is 10.1. The zero-order valence-corrected chi connectivity index (χ0v) is 7.46. The highest BCUT2D eigenvalue weighted by atomic mass is 19.3. The summed E-state index contributed by atoms with van der Waals surface area (Å²) in [5.41, 5.74) is 0.0106. The van der Waals surface area contributed by atoms with Crippen molar-refractivity contribution < 1.29 is 13.9 Å². The van der Waals surface area contributed by atoms with E-state index < -0.39 is 13.0 Å². The van der Waals surface area contributed by atoms with Crippen LogP contribution in [0.2, 0.25) is 0 Å². The van der Waals surface area contributed by atoms with Crippen molar-refractivity contribution in [2.24, 2.45) is 0 Å². The molecule has 0 saturated heterocycles. The van der Waals surface area contributed by atoms with Crippen molar-refractivity contribution in [3.8, 4) is 6.07 Å². The number of hydrogen-bond donors (Lipinski definition) is 1. The molecule has 1 aromatic heterocycles. The Kier molecular flexibility index (Phi) is 3.10. The molecule has 1 aromatic rings. The van der Waals surface area contributed by atoms with Crippen molar-refractivity contribution >= 4 is 0 Å². The molecule has 0 aliphatic heterocycles. The summed E-state index contributed by atoms with van der Waals surface area (Å²) in [6.07, 6.45) is -2.66. The van der Waals surface area contributed by atoms with E-state index in [1.807, 2.05) is 0 Å². The maximum Gasteiger partial charge on any atom is 0.264 e. The third kappa shape index (κ3) is 1.86. The van der Waals surface area contributed by atoms with E-state index in [-0.39, 0.29) is 22.5 Å². The van der Waals surface area contributed by atoms with Gasteiger partial charge in [0.1, 0.15) is 11.8 Å². The van der Waals surface area contributed by atoms with Gasteiger partial charge in [0.2, 0.25) is 0 Å². The quantitative estimate of drug-likeness (QED) is 0.786. The molecule has 0 aliphatic carbocycles. The molecule has 1 rings (SSSR count). The van der Waals surface area contributed by atoms with Gasteiger partial charge in [-0.3, -0.25) is 0 Å². The summed E-state index contributed by atoms with van der Waals surface area (Å²) in [4.78, 5) is 3.71. The van der Waals surface area contributed by atoms with Crippen LogP contribution in [-0.4, -0.2) is 10.1 Å². The molecule has 14 heavy (non-hydrogen) atoms. The first-order chi connectivity index (χ1) is 6.60. The van der Waals surface area contributed by atoms with Crippen LogP contribution in [0.3, 0.4) is 0 Å². The number of aromatic nitrogens is 1. The highest BCUT2D eigenvalue weighted by Gasteiger charge is 2.15. The number of pyridine rings is 1. The lowest BCUT2D eigenvalue weighted by Gasteiger charge is -2.08. The first-order valence-electron chi connectivity index (χ1n) is 3.89. The summed E-state index contributed by atoms with van der Waals surface area (Å²) >= 11 is 0. The average Bonchev–Trinajstić information content (AvgIpc) is 2.17. The van der Waals surface area contributed by atoms with E-state index in [2.05, 4.69) is 4.98 Å². The molecule has 0 fully saturated rings. The monoisotopic (exact) mass is 198 g/mol. The Labute approximate surface area is 79.6 Å². The van der Waals surface area contributed by atoms with Crippen LogP contribution in [-0.2, 0) is 6.61 Å². The second-order valence-corrected chi connectivity index (χ2v) is 2.74. The third-order valence-electron chi connectivity index (χ3n) is 1.91. The van der Waals surface area contributed by atoms with Crippen LogP contribution < -0.4 is 0 Å². The summed E-state index contributed by atoms with van der Waals surface area (Å²) in [6.45, 7) is 1.00. The molecule has 0 atom stereocenters. The van der Waals surface area contributed by atoms with E-state index in [1.165, 1.54) is 6.92 Å². The summed E-state index contributed by atoms with van der Waals surface area (Å²) < 4.78 is 24.9. The van der Waals surface area contributed by atoms with E-state index >= 15 is 0 Å². The number of aliphatic hydroxyl groups is 1. The second kappa shape index (κ2) is 4.11. The van der Waals surface area contributed by atoms with Gasteiger partial charge < -0.3 is 5.11 Å². The fraction of sp³-hybridized carbons (Fsp3) is 0.333. The number of hydrogen-bond acceptors (Lipinski definition) is 3. The van der Waals surface area contributed by atoms with Gasteiger partial charge in [0.25, 0.3) is 6.43 Å². The van der Waals surface area contributed by atoms with Crippen LogP contribution in [0, 0.1) is 18.3 Å². The molecule has 0 unspecified atom stereocenters. The Morgan fingerprint density at radius 1 is 1.64 bits per heavy atom. The predicted octanol–water partition coefficient (Wildman–Crippen LogP) is 1.69. The van der Waals surface area contributed by atoms with Crippen LogP contribution >= 0.6 is 0 Å². The minimum Gasteiger partial charge on any atom is -0.390 e. The molecule has 3 nitrogen and oxygen atoms in total. The van der Waals surface area contributed by atoms with Gasteiger partial charge in [0, 0.05) is 5.56 Å². The maximum absolute atomic E-state index is 12.4. The number of alkyl halides is 2. The number of nitrogens with zero attached hydrogens (tertiary/aromatic N) is 2. The van der Waals surface area contributed by atoms with Gasteiger partial charge in [-0.05, 0) is 18.6 Å². The largest absolute Gasteiger partial charge is 0.390 e. The molecule has 0 aliphatic rings. The Bertz CT molecular complexity index is 385. The fourth-order valence-electron chi connectivity index (χ4n) is 1.12. The molecule has 1 N–H and O–H groups in total. The third-order valence-corrected chi connectivity index (χ3v) is 1.91. The Morgan fingerprint density at radius 3 is 2.71 bits per heavy atom. The molecule has 0 radical (unpaired) electrons. The number of aliphatic hydroxyl groups excluding tert-OH is 1. The highest BCUT2D eigenvalue weighted by molar-refractivity contribution is 5.36. The van der Waals surface area contributed by atoms with Crippen LogP contribution in [0.25, 0.3) is 0 Å². The summed E-state index contributed by atoms with van der Waals surface area (Å²) in [5, 5.41) is 17.3. The molecule has 0 saturated carbocycles. The zero-order chi connectivity index (χ0) is 10.7. The topological polar surface area (TPSA) is 56.9 Å². The average molecular weight is 198 g/mol. The van der Waals surface area contributed by atoms with Crippen molar-refractivity contribution in [1.29, 1.82) is 5.26 Å². The minimum atomic E-state index is -2.66. The molecule has 0 aromatic carbocycles. The summed E-state index contributed by atoms with van der Waals surface area (Å²) in [5.74, 6) is 0. The normalized spacial score (nSPS) is 10.3.